The summed E-state index contributed by atoms with van der Waals surface area (Å²) in [5, 5.41) is 2.94. The van der Waals surface area contributed by atoms with Gasteiger partial charge in [-0.1, -0.05) is 20.8 Å². The molecule has 0 heterocycles. The van der Waals surface area contributed by atoms with E-state index in [4.69, 9.17) is 0 Å². The van der Waals surface area contributed by atoms with Gasteiger partial charge in [0, 0.05) is 11.8 Å². The van der Waals surface area contributed by atoms with Crippen LogP contribution in [0.3, 0.4) is 0 Å². The van der Waals surface area contributed by atoms with Crippen LogP contribution in [0.1, 0.15) is 27.2 Å². The summed E-state index contributed by atoms with van der Waals surface area (Å²) in [6, 6.07) is 0. The first-order valence-corrected chi connectivity index (χ1v) is 6.45. The van der Waals surface area contributed by atoms with Crippen molar-refractivity contribution < 1.29 is 14.3 Å². The van der Waals surface area contributed by atoms with E-state index in [-0.39, 0.29) is 17.1 Å². The number of carbonyl (C=O) groups excluding carboxylic acids is 2. The van der Waals surface area contributed by atoms with Gasteiger partial charge in [-0.15, -0.1) is 11.8 Å². The lowest BCUT2D eigenvalue weighted by Crippen LogP contribution is -2.29. The Kier molecular flexibility index (Phi) is 8.07. The zero-order valence-corrected chi connectivity index (χ0v) is 11.2. The van der Waals surface area contributed by atoms with Gasteiger partial charge in [0.2, 0.25) is 5.91 Å². The molecule has 1 atom stereocenters. The molecule has 1 unspecified atom stereocenters. The van der Waals surface area contributed by atoms with Crippen molar-refractivity contribution in [3.8, 4) is 0 Å². The maximum absolute atomic E-state index is 11.4. The van der Waals surface area contributed by atoms with E-state index in [2.05, 4.69) is 10.1 Å². The molecule has 0 aliphatic carbocycles. The minimum Gasteiger partial charge on any atom is -0.469 e. The second-order valence-corrected chi connectivity index (χ2v) is 5.53. The third-order valence-corrected chi connectivity index (χ3v) is 3.05. The van der Waals surface area contributed by atoms with E-state index in [0.29, 0.717) is 24.6 Å². The monoisotopic (exact) mass is 247 g/mol. The highest BCUT2D eigenvalue weighted by Gasteiger charge is 2.11. The quantitative estimate of drug-likeness (QED) is 0.692. The second-order valence-electron chi connectivity index (χ2n) is 4.10. The second kappa shape index (κ2) is 8.44. The third kappa shape index (κ3) is 8.59. The van der Waals surface area contributed by atoms with Crippen LogP contribution < -0.4 is 5.32 Å². The molecule has 1 N–H and O–H groups in total. The number of thioether (sulfide) groups is 1. The Morgan fingerprint density at radius 3 is 2.44 bits per heavy atom. The van der Waals surface area contributed by atoms with Crippen molar-refractivity contribution in [2.24, 2.45) is 5.92 Å². The standard InChI is InChI=1S/C11H21NO3S/c1-8(2)6-12-10(13)7-16-9(3)5-11(14)15-4/h8-9H,5-7H2,1-4H3,(H,12,13). The zero-order valence-electron chi connectivity index (χ0n) is 10.4. The maximum Gasteiger partial charge on any atom is 0.306 e. The number of hydrogen-bond acceptors (Lipinski definition) is 4. The predicted molar refractivity (Wildman–Crippen MR) is 66.4 cm³/mol. The Hall–Kier alpha value is -0.710. The van der Waals surface area contributed by atoms with E-state index in [1.807, 2.05) is 20.8 Å². The van der Waals surface area contributed by atoms with Crippen LogP contribution >= 0.6 is 11.8 Å². The average molecular weight is 247 g/mol. The van der Waals surface area contributed by atoms with Gasteiger partial charge in [0.1, 0.15) is 0 Å². The SMILES string of the molecule is COC(=O)CC(C)SCC(=O)NCC(C)C. The Labute approximate surface area is 101 Å². The molecule has 5 heteroatoms. The van der Waals surface area contributed by atoms with Crippen LogP contribution in [-0.2, 0) is 14.3 Å². The molecule has 0 aliphatic rings. The number of rotatable bonds is 7. The minimum atomic E-state index is -0.234. The van der Waals surface area contributed by atoms with Gasteiger partial charge < -0.3 is 10.1 Å². The number of ether oxygens (including phenoxy) is 1. The van der Waals surface area contributed by atoms with E-state index in [0.717, 1.165) is 0 Å². The summed E-state index contributed by atoms with van der Waals surface area (Å²) in [4.78, 5) is 22.3. The first kappa shape index (κ1) is 15.3. The summed E-state index contributed by atoms with van der Waals surface area (Å²) in [7, 11) is 1.37. The summed E-state index contributed by atoms with van der Waals surface area (Å²) < 4.78 is 4.55. The molecule has 94 valence electrons. The Balaban J connectivity index is 3.62. The number of hydrogen-bond donors (Lipinski definition) is 1. The van der Waals surface area contributed by atoms with E-state index >= 15 is 0 Å². The molecule has 16 heavy (non-hydrogen) atoms. The minimum absolute atomic E-state index is 0.0235. The van der Waals surface area contributed by atoms with Crippen molar-refractivity contribution in [1.82, 2.24) is 5.32 Å². The molecular weight excluding hydrogens is 226 g/mol. The van der Waals surface area contributed by atoms with E-state index < -0.39 is 0 Å². The van der Waals surface area contributed by atoms with Gasteiger partial charge in [-0.2, -0.15) is 0 Å². The maximum atomic E-state index is 11.4. The van der Waals surface area contributed by atoms with Crippen molar-refractivity contribution in [3.05, 3.63) is 0 Å². The first-order chi connectivity index (χ1) is 7.45. The van der Waals surface area contributed by atoms with Crippen LogP contribution in [0, 0.1) is 5.92 Å². The van der Waals surface area contributed by atoms with E-state index in [1.165, 1.54) is 18.9 Å². The molecule has 0 spiro atoms. The average Bonchev–Trinajstić information content (AvgIpc) is 2.23. The summed E-state index contributed by atoms with van der Waals surface area (Å²) in [6.45, 7) is 6.71. The smallest absolute Gasteiger partial charge is 0.306 e. The summed E-state index contributed by atoms with van der Waals surface area (Å²) in [5.41, 5.74) is 0. The Morgan fingerprint density at radius 2 is 1.94 bits per heavy atom. The number of carbonyl (C=O) groups is 2. The summed E-state index contributed by atoms with van der Waals surface area (Å²) >= 11 is 1.47. The first-order valence-electron chi connectivity index (χ1n) is 5.40. The highest BCUT2D eigenvalue weighted by atomic mass is 32.2. The highest BCUT2D eigenvalue weighted by molar-refractivity contribution is 8.00. The third-order valence-electron chi connectivity index (χ3n) is 1.89. The van der Waals surface area contributed by atoms with Crippen molar-refractivity contribution in [2.45, 2.75) is 32.4 Å². The van der Waals surface area contributed by atoms with Crippen LogP contribution in [0.25, 0.3) is 0 Å². The number of esters is 1. The van der Waals surface area contributed by atoms with Crippen LogP contribution in [-0.4, -0.2) is 36.5 Å². The Bertz CT molecular complexity index is 231. The topological polar surface area (TPSA) is 55.4 Å². The highest BCUT2D eigenvalue weighted by Crippen LogP contribution is 2.13. The lowest BCUT2D eigenvalue weighted by Gasteiger charge is -2.10. The number of nitrogens with one attached hydrogen (secondary N) is 1. The van der Waals surface area contributed by atoms with Crippen LogP contribution in [0.4, 0.5) is 0 Å². The van der Waals surface area contributed by atoms with Gasteiger partial charge in [-0.3, -0.25) is 9.59 Å². The van der Waals surface area contributed by atoms with Crippen molar-refractivity contribution >= 4 is 23.6 Å². The molecule has 4 nitrogen and oxygen atoms in total. The largest absolute Gasteiger partial charge is 0.469 e. The molecule has 0 bridgehead atoms. The zero-order chi connectivity index (χ0) is 12.6. The molecule has 1 amide bonds. The fourth-order valence-corrected chi connectivity index (χ4v) is 1.76. The molecule has 0 aromatic heterocycles. The summed E-state index contributed by atoms with van der Waals surface area (Å²) in [6.07, 6.45) is 0.346. The van der Waals surface area contributed by atoms with Crippen molar-refractivity contribution in [1.29, 1.82) is 0 Å². The van der Waals surface area contributed by atoms with Gasteiger partial charge in [0.05, 0.1) is 19.3 Å². The molecule has 0 aromatic carbocycles. The summed E-state index contributed by atoms with van der Waals surface area (Å²) in [5.74, 6) is 0.643. The number of methoxy groups -OCH3 is 1. The molecule has 0 saturated carbocycles. The van der Waals surface area contributed by atoms with E-state index in [1.54, 1.807) is 0 Å². The van der Waals surface area contributed by atoms with Crippen LogP contribution in [0.5, 0.6) is 0 Å². The number of amides is 1. The molecular formula is C11H21NO3S. The van der Waals surface area contributed by atoms with Gasteiger partial charge >= 0.3 is 5.97 Å². The lowest BCUT2D eigenvalue weighted by atomic mass is 10.2. The fraction of sp³-hybridized carbons (Fsp3) is 0.818. The molecule has 0 aromatic rings. The van der Waals surface area contributed by atoms with Gasteiger partial charge in [0.25, 0.3) is 0 Å². The molecule has 0 aliphatic heterocycles. The Morgan fingerprint density at radius 1 is 1.31 bits per heavy atom. The molecule has 0 rings (SSSR count). The van der Waals surface area contributed by atoms with Crippen LogP contribution in [0.15, 0.2) is 0 Å². The molecule has 0 saturated heterocycles. The van der Waals surface area contributed by atoms with Gasteiger partial charge in [-0.05, 0) is 5.92 Å². The normalized spacial score (nSPS) is 12.3. The van der Waals surface area contributed by atoms with E-state index in [9.17, 15) is 9.59 Å². The van der Waals surface area contributed by atoms with Crippen LogP contribution in [0.2, 0.25) is 0 Å². The molecule has 0 fully saturated rings. The van der Waals surface area contributed by atoms with Gasteiger partial charge in [-0.25, -0.2) is 0 Å². The fourth-order valence-electron chi connectivity index (χ4n) is 0.964. The van der Waals surface area contributed by atoms with Crippen molar-refractivity contribution in [3.63, 3.8) is 0 Å². The molecule has 0 radical (unpaired) electrons. The predicted octanol–water partition coefficient (Wildman–Crippen LogP) is 1.44. The van der Waals surface area contributed by atoms with Crippen molar-refractivity contribution in [2.75, 3.05) is 19.4 Å². The lowest BCUT2D eigenvalue weighted by molar-refractivity contribution is -0.140. The van der Waals surface area contributed by atoms with Gasteiger partial charge in [0.15, 0.2) is 0 Å².